The molecule has 4 aromatic carbocycles. The van der Waals surface area contributed by atoms with Crippen molar-refractivity contribution in [2.24, 2.45) is 0 Å². The molecule has 16 nitrogen and oxygen atoms in total. The molecule has 16 heteroatoms. The summed E-state index contributed by atoms with van der Waals surface area (Å²) in [6, 6.07) is 24.3. The van der Waals surface area contributed by atoms with Gasteiger partial charge in [-0.05, 0) is 24.3 Å². The van der Waals surface area contributed by atoms with Gasteiger partial charge in [-0.2, -0.15) is 0 Å². The van der Waals surface area contributed by atoms with Crippen molar-refractivity contribution in [3.63, 3.8) is 0 Å². The van der Waals surface area contributed by atoms with Gasteiger partial charge in [0.2, 0.25) is 0 Å². The zero-order chi connectivity index (χ0) is 36.0. The van der Waals surface area contributed by atoms with Gasteiger partial charge in [0.1, 0.15) is 0 Å². The maximum absolute atomic E-state index is 12.3. The van der Waals surface area contributed by atoms with Crippen molar-refractivity contribution in [1.29, 1.82) is 0 Å². The maximum Gasteiger partial charge on any atom is 0.279 e. The Kier molecular flexibility index (Phi) is 6.28. The van der Waals surface area contributed by atoms with Crippen molar-refractivity contribution in [3.8, 4) is 45.0 Å². The molecule has 250 valence electrons. The molecule has 0 fully saturated rings. The number of aromatic nitrogens is 4. The number of nitrogens with zero attached hydrogens (tertiary/aromatic N) is 6. The SMILES string of the molecule is O=[N+]([O-])c1cccc2c1-c1cc3[nH]c(cc4nc(cc5[nH]c(cc-2n1)c1c([N+](=O)[O-])cccc51)-c1c-4cccc1[N+](=O)[O-])c1c([N+](=O)[O-])cccc31. The van der Waals surface area contributed by atoms with Gasteiger partial charge in [-0.15, -0.1) is 0 Å². The summed E-state index contributed by atoms with van der Waals surface area (Å²) in [5.74, 6) is 0. The highest BCUT2D eigenvalue weighted by molar-refractivity contribution is 6.14. The van der Waals surface area contributed by atoms with Gasteiger partial charge in [0.15, 0.2) is 0 Å². The van der Waals surface area contributed by atoms with E-state index in [9.17, 15) is 40.5 Å². The van der Waals surface area contributed by atoms with Crippen LogP contribution in [0.2, 0.25) is 0 Å². The van der Waals surface area contributed by atoms with Gasteiger partial charge in [0.25, 0.3) is 22.7 Å². The average Bonchev–Trinajstić information content (AvgIpc) is 3.86. The second-order valence-corrected chi connectivity index (χ2v) is 12.1. The predicted molar refractivity (Wildman–Crippen MR) is 191 cm³/mol. The summed E-state index contributed by atoms with van der Waals surface area (Å²) >= 11 is 0. The Hall–Kier alpha value is -7.88. The molecule has 52 heavy (non-hydrogen) atoms. The van der Waals surface area contributed by atoms with Crippen LogP contribution < -0.4 is 0 Å². The molecule has 2 aliphatic rings. The van der Waals surface area contributed by atoms with Crippen molar-refractivity contribution in [1.82, 2.24) is 19.9 Å². The molecule has 2 aliphatic heterocycles. The van der Waals surface area contributed by atoms with E-state index in [2.05, 4.69) is 9.97 Å². The van der Waals surface area contributed by atoms with Gasteiger partial charge in [-0.25, -0.2) is 9.97 Å². The molecule has 0 spiro atoms. The Balaban J connectivity index is 1.55. The summed E-state index contributed by atoms with van der Waals surface area (Å²) in [5.41, 5.74) is 2.31. The Morgan fingerprint density at radius 2 is 0.769 bits per heavy atom. The van der Waals surface area contributed by atoms with Gasteiger partial charge >= 0.3 is 0 Å². The molecule has 0 radical (unpaired) electrons. The number of fused-ring (bicyclic) bond motifs is 20. The second kappa shape index (κ2) is 10.8. The molecule has 0 amide bonds. The lowest BCUT2D eigenvalue weighted by atomic mass is 10.0. The molecule has 7 aromatic rings. The first-order chi connectivity index (χ1) is 25.1. The molecule has 0 unspecified atom stereocenters. The first-order valence-corrected chi connectivity index (χ1v) is 15.5. The lowest BCUT2D eigenvalue weighted by Gasteiger charge is -2.01. The number of nitro benzene ring substituents is 4. The van der Waals surface area contributed by atoms with Crippen molar-refractivity contribution < 1.29 is 19.7 Å². The molecule has 0 saturated heterocycles. The summed E-state index contributed by atoms with van der Waals surface area (Å²) in [6.45, 7) is 0. The Morgan fingerprint density at radius 1 is 0.423 bits per heavy atom. The van der Waals surface area contributed by atoms with Crippen molar-refractivity contribution in [3.05, 3.63) is 138 Å². The summed E-state index contributed by atoms with van der Waals surface area (Å²) in [7, 11) is 0. The molecule has 9 rings (SSSR count). The van der Waals surface area contributed by atoms with E-state index in [4.69, 9.17) is 9.97 Å². The molecule has 0 aliphatic carbocycles. The highest BCUT2D eigenvalue weighted by Crippen LogP contribution is 2.46. The molecule has 2 N–H and O–H groups in total. The van der Waals surface area contributed by atoms with Crippen LogP contribution in [-0.4, -0.2) is 39.6 Å². The number of rotatable bonds is 4. The highest BCUT2D eigenvalue weighted by Gasteiger charge is 2.29. The van der Waals surface area contributed by atoms with E-state index in [1.165, 1.54) is 48.5 Å². The predicted octanol–water partition coefficient (Wildman–Crippen LogP) is 8.92. The van der Waals surface area contributed by atoms with E-state index in [1.54, 1.807) is 48.5 Å². The van der Waals surface area contributed by atoms with E-state index in [0.29, 0.717) is 32.9 Å². The number of aromatic amines is 2. The van der Waals surface area contributed by atoms with Crippen LogP contribution in [0.3, 0.4) is 0 Å². The largest absolute Gasteiger partial charge is 0.354 e. The highest BCUT2D eigenvalue weighted by atomic mass is 16.6. The van der Waals surface area contributed by atoms with Gasteiger partial charge < -0.3 is 9.97 Å². The number of hydrogen-bond donors (Lipinski definition) is 2. The van der Waals surface area contributed by atoms with Crippen LogP contribution in [0, 0.1) is 40.5 Å². The Bertz CT molecular complexity index is 2800. The number of nitrogens with one attached hydrogen (secondary N) is 2. The third-order valence-electron chi connectivity index (χ3n) is 9.28. The van der Waals surface area contributed by atoms with Crippen LogP contribution in [0.25, 0.3) is 88.6 Å². The summed E-state index contributed by atoms with van der Waals surface area (Å²) in [4.78, 5) is 63.2. The number of benzene rings is 4. The minimum absolute atomic E-state index is 0.175. The van der Waals surface area contributed by atoms with Crippen molar-refractivity contribution in [2.75, 3.05) is 0 Å². The summed E-state index contributed by atoms with van der Waals surface area (Å²) in [6.07, 6.45) is 0. The van der Waals surface area contributed by atoms with Crippen LogP contribution in [0.15, 0.2) is 97.1 Å². The van der Waals surface area contributed by atoms with E-state index in [-0.39, 0.29) is 78.5 Å². The van der Waals surface area contributed by atoms with E-state index >= 15 is 0 Å². The molecule has 5 heterocycles. The number of non-ortho nitro benzene ring substituents is 2. The number of hydrogen-bond acceptors (Lipinski definition) is 10. The van der Waals surface area contributed by atoms with E-state index < -0.39 is 19.7 Å². The van der Waals surface area contributed by atoms with Crippen molar-refractivity contribution >= 4 is 66.4 Å². The zero-order valence-corrected chi connectivity index (χ0v) is 26.2. The molecular formula is C36H18N8O8. The lowest BCUT2D eigenvalue weighted by molar-refractivity contribution is -0.384. The summed E-state index contributed by atoms with van der Waals surface area (Å²) < 4.78 is 0. The number of nitro groups is 4. The zero-order valence-electron chi connectivity index (χ0n) is 26.2. The van der Waals surface area contributed by atoms with E-state index in [0.717, 1.165) is 0 Å². The average molecular weight is 691 g/mol. The quantitative estimate of drug-likeness (QED) is 0.131. The molecular weight excluding hydrogens is 672 g/mol. The van der Waals surface area contributed by atoms with E-state index in [1.807, 2.05) is 0 Å². The van der Waals surface area contributed by atoms with Gasteiger partial charge in [-0.1, -0.05) is 48.5 Å². The molecule has 0 saturated carbocycles. The topological polar surface area (TPSA) is 230 Å². The normalized spacial score (nSPS) is 11.7. The number of H-pyrrole nitrogens is 2. The van der Waals surface area contributed by atoms with Gasteiger partial charge in [-0.3, -0.25) is 40.5 Å². The van der Waals surface area contributed by atoms with Crippen LogP contribution in [0.1, 0.15) is 0 Å². The third-order valence-corrected chi connectivity index (χ3v) is 9.28. The van der Waals surface area contributed by atoms with Crippen LogP contribution in [-0.2, 0) is 0 Å². The lowest BCUT2D eigenvalue weighted by Crippen LogP contribution is -1.91. The van der Waals surface area contributed by atoms with Crippen LogP contribution in [0.4, 0.5) is 22.7 Å². The minimum atomic E-state index is -0.533. The second-order valence-electron chi connectivity index (χ2n) is 12.1. The fourth-order valence-electron chi connectivity index (χ4n) is 7.21. The Labute approximate surface area is 288 Å². The summed E-state index contributed by atoms with van der Waals surface area (Å²) in [5, 5.41) is 50.5. The van der Waals surface area contributed by atoms with Crippen LogP contribution in [0.5, 0.6) is 0 Å². The monoisotopic (exact) mass is 690 g/mol. The molecule has 0 atom stereocenters. The van der Waals surface area contributed by atoms with Gasteiger partial charge in [0.05, 0.1) is 75.4 Å². The fraction of sp³-hybridized carbons (Fsp3) is 0. The Morgan fingerprint density at radius 3 is 1.15 bits per heavy atom. The minimum Gasteiger partial charge on any atom is -0.354 e. The first kappa shape index (κ1) is 30.2. The molecule has 3 aromatic heterocycles. The maximum atomic E-state index is 12.3. The molecule has 8 bridgehead atoms. The van der Waals surface area contributed by atoms with Gasteiger partial charge in [0, 0.05) is 57.2 Å². The fourth-order valence-corrected chi connectivity index (χ4v) is 7.21. The van der Waals surface area contributed by atoms with Crippen molar-refractivity contribution in [2.45, 2.75) is 0 Å². The smallest absolute Gasteiger partial charge is 0.279 e. The first-order valence-electron chi connectivity index (χ1n) is 15.5. The third kappa shape index (κ3) is 4.34. The standard InChI is InChI=1S/C36H18N8O8/c45-41(46)29-9-1-5-17-21-13-26-34-19(7-3-10-30(34)42(47)48)23(38-26)15-28-36-20(8-4-12-32(36)44(51)52)24(40-28)16-27-35-18(6-2-11-31(35)43(49)50)22(39-27)14-25(37-21)33(17)29/h1-16,37,40H. The van der Waals surface area contributed by atoms with Crippen LogP contribution >= 0.6 is 0 Å².